The van der Waals surface area contributed by atoms with Crippen molar-refractivity contribution in [2.75, 3.05) is 0 Å². The summed E-state index contributed by atoms with van der Waals surface area (Å²) in [7, 11) is 0. The van der Waals surface area contributed by atoms with Gasteiger partial charge in [-0.1, -0.05) is 0 Å². The van der Waals surface area contributed by atoms with E-state index in [1.54, 1.807) is 0 Å². The topological polar surface area (TPSA) is 0 Å². The molecule has 0 fully saturated rings. The molecule has 0 rings (SSSR count). The van der Waals surface area contributed by atoms with E-state index in [1.807, 2.05) is 0 Å². The second-order valence-electron chi connectivity index (χ2n) is 0. The molecule has 0 amide bonds. The van der Waals surface area contributed by atoms with Gasteiger partial charge < -0.3 is 0 Å². The van der Waals surface area contributed by atoms with Crippen molar-refractivity contribution in [2.24, 2.45) is 0 Å². The minimum absolute atomic E-state index is 0. The van der Waals surface area contributed by atoms with E-state index in [-0.39, 0.29) is 101 Å². The summed E-state index contributed by atoms with van der Waals surface area (Å²) in [6.45, 7) is 0. The first kappa shape index (κ1) is 26.8. The smallest absolute Gasteiger partial charge is 0 e. The zero-order valence-corrected chi connectivity index (χ0v) is 9.54. The van der Waals surface area contributed by atoms with Crippen molar-refractivity contribution in [2.45, 2.75) is 0 Å². The van der Waals surface area contributed by atoms with E-state index in [2.05, 4.69) is 0 Å². The van der Waals surface area contributed by atoms with E-state index in [9.17, 15) is 0 Å². The predicted octanol–water partition coefficient (Wildman–Crippen LogP) is -1.52. The van der Waals surface area contributed by atoms with Crippen LogP contribution in [0.5, 0.6) is 0 Å². The van der Waals surface area contributed by atoms with Crippen molar-refractivity contribution < 1.29 is 0 Å². The quantitative estimate of drug-likeness (QED) is 0.336. The summed E-state index contributed by atoms with van der Waals surface area (Å²) in [6, 6.07) is 0. The van der Waals surface area contributed by atoms with Crippen LogP contribution in [0.25, 0.3) is 0 Å². The first-order valence-corrected chi connectivity index (χ1v) is 0. The van der Waals surface area contributed by atoms with Crippen LogP contribution in [0.1, 0.15) is 0 Å². The number of hydrogen-bond acceptors (Lipinski definition) is 0. The van der Waals surface area contributed by atoms with E-state index < -0.39 is 0 Å². The summed E-state index contributed by atoms with van der Waals surface area (Å²) >= 11 is 0. The molecule has 0 atom stereocenters. The fraction of sp³-hybridized carbons (Fsp3) is 0. The third-order valence-electron chi connectivity index (χ3n) is 0. The van der Waals surface area contributed by atoms with Crippen LogP contribution < -0.4 is 0 Å². The molecule has 0 aromatic rings. The molecule has 9 radical (unpaired) electrons. The SMILES string of the molecule is [Ca].[Mg].[Na].[Si]. The molecule has 0 heterocycles. The van der Waals surface area contributed by atoms with E-state index in [1.165, 1.54) is 0 Å². The standard InChI is InChI=1S/Ca.Mg.Na.Si. The molecule has 0 aliphatic rings. The van der Waals surface area contributed by atoms with Crippen LogP contribution in [0.4, 0.5) is 0 Å². The molecule has 4 heavy (non-hydrogen) atoms. The Balaban J connectivity index is 0. The van der Waals surface area contributed by atoms with Crippen molar-refractivity contribution in [3.63, 3.8) is 0 Å². The van der Waals surface area contributed by atoms with Gasteiger partial charge in [0.25, 0.3) is 0 Å². The van der Waals surface area contributed by atoms with Gasteiger partial charge in [-0.2, -0.15) is 0 Å². The van der Waals surface area contributed by atoms with Gasteiger partial charge in [0, 0.05) is 101 Å². The summed E-state index contributed by atoms with van der Waals surface area (Å²) in [4.78, 5) is 0. The average molecular weight is 115 g/mol. The average Bonchev–Trinajstić information content (AvgIpc) is 0. The zero-order chi connectivity index (χ0) is 0. The van der Waals surface area contributed by atoms with Crippen molar-refractivity contribution in [3.05, 3.63) is 0 Å². The third-order valence-corrected chi connectivity index (χ3v) is 0. The van der Waals surface area contributed by atoms with Gasteiger partial charge in [-0.25, -0.2) is 0 Å². The molecular formula is CaMgNaSi. The monoisotopic (exact) mass is 115 g/mol. The number of rotatable bonds is 0. The Morgan fingerprint density at radius 3 is 1.00 bits per heavy atom. The Hall–Kier alpha value is 3.24. The van der Waals surface area contributed by atoms with E-state index in [4.69, 9.17) is 0 Å². The van der Waals surface area contributed by atoms with Gasteiger partial charge in [-0.05, 0) is 0 Å². The summed E-state index contributed by atoms with van der Waals surface area (Å²) in [5.41, 5.74) is 0. The van der Waals surface area contributed by atoms with Crippen LogP contribution in [-0.2, 0) is 0 Å². The third kappa shape index (κ3) is 8.97. The van der Waals surface area contributed by atoms with Gasteiger partial charge in [0.1, 0.15) is 0 Å². The predicted molar refractivity (Wildman–Crippen MR) is 23.0 cm³/mol. The maximum atomic E-state index is 0. The van der Waals surface area contributed by atoms with Crippen LogP contribution in [0.15, 0.2) is 0 Å². The molecule has 4 heteroatoms. The molecule has 9 valence electrons. The van der Waals surface area contributed by atoms with Crippen LogP contribution in [0.2, 0.25) is 0 Å². The summed E-state index contributed by atoms with van der Waals surface area (Å²) in [5, 5.41) is 0. The van der Waals surface area contributed by atoms with E-state index >= 15 is 0 Å². The molecule has 0 spiro atoms. The fourth-order valence-electron chi connectivity index (χ4n) is 0. The fourth-order valence-corrected chi connectivity index (χ4v) is 0. The summed E-state index contributed by atoms with van der Waals surface area (Å²) in [5.74, 6) is 0. The molecule has 0 bridgehead atoms. The molecule has 0 aromatic carbocycles. The van der Waals surface area contributed by atoms with Gasteiger partial charge in [-0.3, -0.25) is 0 Å². The zero-order valence-electron chi connectivity index (χ0n) is 2.91. The molecule has 0 saturated heterocycles. The van der Waals surface area contributed by atoms with Crippen molar-refractivity contribution in [1.29, 1.82) is 0 Å². The summed E-state index contributed by atoms with van der Waals surface area (Å²) in [6.07, 6.45) is 0. The Morgan fingerprint density at radius 2 is 1.00 bits per heavy atom. The number of hydrogen-bond donors (Lipinski definition) is 0. The van der Waals surface area contributed by atoms with Crippen LogP contribution in [0, 0.1) is 0 Å². The maximum absolute atomic E-state index is 0. The molecule has 0 aliphatic heterocycles. The summed E-state index contributed by atoms with van der Waals surface area (Å²) < 4.78 is 0. The first-order chi connectivity index (χ1) is 0. The normalized spacial score (nSPS) is 0. The van der Waals surface area contributed by atoms with Crippen LogP contribution in [0.3, 0.4) is 0 Å². The molecule has 0 aromatic heterocycles. The minimum Gasteiger partial charge on any atom is 0 e. The Kier molecular flexibility index (Phi) is 110. The van der Waals surface area contributed by atoms with Crippen LogP contribution >= 0.6 is 0 Å². The van der Waals surface area contributed by atoms with Crippen molar-refractivity contribution in [3.8, 4) is 0 Å². The molecule has 0 nitrogen and oxygen atoms in total. The second-order valence-corrected chi connectivity index (χ2v) is 0. The van der Waals surface area contributed by atoms with Crippen molar-refractivity contribution >= 4 is 101 Å². The van der Waals surface area contributed by atoms with Crippen molar-refractivity contribution in [1.82, 2.24) is 0 Å². The minimum atomic E-state index is 0. The molecular weight excluding hydrogens is 115 g/mol. The van der Waals surface area contributed by atoms with Gasteiger partial charge in [0.2, 0.25) is 0 Å². The van der Waals surface area contributed by atoms with E-state index in [0.717, 1.165) is 0 Å². The molecule has 0 saturated carbocycles. The Morgan fingerprint density at radius 1 is 1.00 bits per heavy atom. The largest absolute Gasteiger partial charge is 0 e. The maximum Gasteiger partial charge on any atom is 0 e. The molecule has 0 N–H and O–H groups in total. The first-order valence-electron chi connectivity index (χ1n) is 0. The van der Waals surface area contributed by atoms with Gasteiger partial charge in [0.05, 0.1) is 0 Å². The van der Waals surface area contributed by atoms with Gasteiger partial charge in [-0.15, -0.1) is 0 Å². The van der Waals surface area contributed by atoms with Gasteiger partial charge in [0.15, 0.2) is 0 Å². The van der Waals surface area contributed by atoms with Gasteiger partial charge >= 0.3 is 0 Å². The second kappa shape index (κ2) is 16.3. The Labute approximate surface area is 98.9 Å². The Bertz CT molecular complexity index is 8.00. The van der Waals surface area contributed by atoms with E-state index in [0.29, 0.717) is 0 Å². The molecule has 0 aliphatic carbocycles. The molecule has 0 unspecified atom stereocenters. The van der Waals surface area contributed by atoms with Crippen LogP contribution in [-0.4, -0.2) is 101 Å².